The van der Waals surface area contributed by atoms with Crippen molar-refractivity contribution in [1.29, 1.82) is 0 Å². The van der Waals surface area contributed by atoms with E-state index in [1.165, 1.54) is 24.0 Å². The lowest BCUT2D eigenvalue weighted by Gasteiger charge is -2.41. The van der Waals surface area contributed by atoms with Crippen molar-refractivity contribution in [3.05, 3.63) is 34.9 Å². The van der Waals surface area contributed by atoms with Gasteiger partial charge in [0.05, 0.1) is 0 Å². The minimum atomic E-state index is -4.61. The normalized spacial score (nSPS) is 26.2. The molecule has 0 aliphatic heterocycles. The fourth-order valence-electron chi connectivity index (χ4n) is 4.51. The predicted molar refractivity (Wildman–Crippen MR) is 96.9 cm³/mol. The Hall–Kier alpha value is -1.07. The smallest absolute Gasteiger partial charge is 0.379 e. The number of fused-ring (bicyclic) bond motifs is 1. The van der Waals surface area contributed by atoms with Gasteiger partial charge in [0.2, 0.25) is 0 Å². The highest BCUT2D eigenvalue weighted by molar-refractivity contribution is 5.33. The molecule has 1 fully saturated rings. The molecule has 0 radical (unpaired) electrons. The minimum absolute atomic E-state index is 0.356. The van der Waals surface area contributed by atoms with Crippen molar-refractivity contribution in [1.82, 2.24) is 5.32 Å². The van der Waals surface area contributed by atoms with E-state index in [0.29, 0.717) is 25.3 Å². The van der Waals surface area contributed by atoms with Crippen LogP contribution in [0.25, 0.3) is 0 Å². The molecular formula is C21H30F3NO. The number of aliphatic hydroxyl groups is 1. The SMILES string of the molecule is CC1CCC(C(O)(CNCc2ccc3c(c2)CCCC3)C(F)(F)F)CC1. The highest BCUT2D eigenvalue weighted by atomic mass is 19.4. The molecule has 1 atom stereocenters. The first-order valence-corrected chi connectivity index (χ1v) is 9.90. The van der Waals surface area contributed by atoms with E-state index >= 15 is 0 Å². The van der Waals surface area contributed by atoms with Gasteiger partial charge in [-0.15, -0.1) is 0 Å². The Morgan fingerprint density at radius 1 is 1.04 bits per heavy atom. The molecule has 2 nitrogen and oxygen atoms in total. The van der Waals surface area contributed by atoms with E-state index in [9.17, 15) is 18.3 Å². The topological polar surface area (TPSA) is 32.3 Å². The van der Waals surface area contributed by atoms with E-state index < -0.39 is 24.2 Å². The first-order valence-electron chi connectivity index (χ1n) is 9.90. The van der Waals surface area contributed by atoms with Crippen molar-refractivity contribution < 1.29 is 18.3 Å². The highest BCUT2D eigenvalue weighted by Gasteiger charge is 2.58. The van der Waals surface area contributed by atoms with Crippen LogP contribution in [0.4, 0.5) is 13.2 Å². The Kier molecular flexibility index (Phi) is 5.97. The van der Waals surface area contributed by atoms with Crippen LogP contribution in [0.15, 0.2) is 18.2 Å². The standard InChI is InChI=1S/C21H30F3NO/c1-15-6-10-19(11-7-15)20(26,21(22,23)24)14-25-13-16-8-9-17-4-2-3-5-18(17)12-16/h8-9,12,15,19,25-26H,2-7,10-11,13-14H2,1H3. The van der Waals surface area contributed by atoms with E-state index in [4.69, 9.17) is 0 Å². The summed E-state index contributed by atoms with van der Waals surface area (Å²) in [7, 11) is 0. The lowest BCUT2D eigenvalue weighted by atomic mass is 9.73. The van der Waals surface area contributed by atoms with E-state index in [2.05, 4.69) is 24.4 Å². The van der Waals surface area contributed by atoms with E-state index in [1.807, 2.05) is 6.07 Å². The molecule has 1 aromatic carbocycles. The van der Waals surface area contributed by atoms with Gasteiger partial charge in [-0.1, -0.05) is 38.0 Å². The van der Waals surface area contributed by atoms with Crippen molar-refractivity contribution in [2.45, 2.75) is 76.6 Å². The molecule has 2 aliphatic carbocycles. The van der Waals surface area contributed by atoms with Crippen molar-refractivity contribution >= 4 is 0 Å². The van der Waals surface area contributed by atoms with Gasteiger partial charge in [-0.25, -0.2) is 0 Å². The number of aryl methyl sites for hydroxylation is 2. The molecule has 0 aromatic heterocycles. The largest absolute Gasteiger partial charge is 0.418 e. The number of rotatable bonds is 5. The number of nitrogens with one attached hydrogen (secondary N) is 1. The van der Waals surface area contributed by atoms with Crippen molar-refractivity contribution in [3.63, 3.8) is 0 Å². The Labute approximate surface area is 154 Å². The average Bonchev–Trinajstić information content (AvgIpc) is 2.61. The van der Waals surface area contributed by atoms with Crippen LogP contribution in [0.1, 0.15) is 62.1 Å². The molecule has 26 heavy (non-hydrogen) atoms. The fourth-order valence-corrected chi connectivity index (χ4v) is 4.51. The molecule has 0 heterocycles. The summed E-state index contributed by atoms with van der Waals surface area (Å²) in [5, 5.41) is 13.4. The molecular weight excluding hydrogens is 339 g/mol. The average molecular weight is 369 g/mol. The second-order valence-corrected chi connectivity index (χ2v) is 8.29. The van der Waals surface area contributed by atoms with Gasteiger partial charge in [-0.3, -0.25) is 0 Å². The van der Waals surface area contributed by atoms with Gasteiger partial charge >= 0.3 is 6.18 Å². The summed E-state index contributed by atoms with van der Waals surface area (Å²) in [5.41, 5.74) is 1.04. The summed E-state index contributed by atoms with van der Waals surface area (Å²) in [6.45, 7) is 1.98. The highest BCUT2D eigenvalue weighted by Crippen LogP contribution is 2.43. The number of halogens is 3. The molecule has 2 N–H and O–H groups in total. The molecule has 0 amide bonds. The van der Waals surface area contributed by atoms with Crippen LogP contribution in [0, 0.1) is 11.8 Å². The van der Waals surface area contributed by atoms with Crippen molar-refractivity contribution in [3.8, 4) is 0 Å². The molecule has 1 saturated carbocycles. The summed E-state index contributed by atoms with van der Waals surface area (Å²) in [6.07, 6.45) is 2.33. The predicted octanol–water partition coefficient (Wildman–Crippen LogP) is 4.77. The molecule has 1 unspecified atom stereocenters. The minimum Gasteiger partial charge on any atom is -0.379 e. The van der Waals surface area contributed by atoms with Crippen molar-refractivity contribution in [2.75, 3.05) is 6.54 Å². The maximum absolute atomic E-state index is 13.6. The molecule has 0 bridgehead atoms. The molecule has 0 saturated heterocycles. The molecule has 0 spiro atoms. The van der Waals surface area contributed by atoms with Crippen molar-refractivity contribution in [2.24, 2.45) is 11.8 Å². The van der Waals surface area contributed by atoms with E-state index in [-0.39, 0.29) is 0 Å². The maximum Gasteiger partial charge on any atom is 0.418 e. The summed E-state index contributed by atoms with van der Waals surface area (Å²) in [4.78, 5) is 0. The van der Waals surface area contributed by atoms with Gasteiger partial charge in [0.1, 0.15) is 0 Å². The molecule has 146 valence electrons. The summed E-state index contributed by atoms with van der Waals surface area (Å²) in [5.74, 6) is -0.262. The van der Waals surface area contributed by atoms with Crippen LogP contribution >= 0.6 is 0 Å². The number of benzene rings is 1. The Bertz CT molecular complexity index is 608. The molecule has 1 aromatic rings. The van der Waals surface area contributed by atoms with Crippen LogP contribution < -0.4 is 5.32 Å². The first-order chi connectivity index (χ1) is 12.3. The third-order valence-electron chi connectivity index (χ3n) is 6.32. The zero-order chi connectivity index (χ0) is 18.8. The lowest BCUT2D eigenvalue weighted by molar-refractivity contribution is -0.281. The molecule has 5 heteroatoms. The monoisotopic (exact) mass is 369 g/mol. The fraction of sp³-hybridized carbons (Fsp3) is 0.714. The van der Waals surface area contributed by atoms with Gasteiger partial charge in [-0.2, -0.15) is 13.2 Å². The van der Waals surface area contributed by atoms with Crippen LogP contribution in [0.5, 0.6) is 0 Å². The van der Waals surface area contributed by atoms with Crippen LogP contribution in [0.3, 0.4) is 0 Å². The first kappa shape index (κ1) is 19.7. The molecule has 3 rings (SSSR count). The third kappa shape index (κ3) is 4.25. The van der Waals surface area contributed by atoms with Gasteiger partial charge < -0.3 is 10.4 Å². The Balaban J connectivity index is 1.63. The third-order valence-corrected chi connectivity index (χ3v) is 6.32. The van der Waals surface area contributed by atoms with E-state index in [0.717, 1.165) is 31.2 Å². The number of alkyl halides is 3. The summed E-state index contributed by atoms with van der Waals surface area (Å²) in [6, 6.07) is 6.20. The lowest BCUT2D eigenvalue weighted by Crippen LogP contribution is -2.58. The number of hydrogen-bond donors (Lipinski definition) is 2. The second kappa shape index (κ2) is 7.89. The summed E-state index contributed by atoms with van der Waals surface area (Å²) >= 11 is 0. The summed E-state index contributed by atoms with van der Waals surface area (Å²) < 4.78 is 40.9. The second-order valence-electron chi connectivity index (χ2n) is 8.29. The van der Waals surface area contributed by atoms with Gasteiger partial charge in [0, 0.05) is 13.1 Å². The van der Waals surface area contributed by atoms with Gasteiger partial charge in [0.25, 0.3) is 0 Å². The zero-order valence-electron chi connectivity index (χ0n) is 15.5. The Morgan fingerprint density at radius 2 is 1.69 bits per heavy atom. The Morgan fingerprint density at radius 3 is 2.35 bits per heavy atom. The molecule has 2 aliphatic rings. The van der Waals surface area contributed by atoms with Crippen LogP contribution in [-0.2, 0) is 19.4 Å². The number of hydrogen-bond acceptors (Lipinski definition) is 2. The quantitative estimate of drug-likeness (QED) is 0.783. The van der Waals surface area contributed by atoms with Gasteiger partial charge in [-0.05, 0) is 67.1 Å². The van der Waals surface area contributed by atoms with Gasteiger partial charge in [0.15, 0.2) is 5.60 Å². The van der Waals surface area contributed by atoms with Crippen LogP contribution in [0.2, 0.25) is 0 Å². The van der Waals surface area contributed by atoms with E-state index in [1.54, 1.807) is 0 Å². The maximum atomic E-state index is 13.6. The zero-order valence-corrected chi connectivity index (χ0v) is 15.5. The van der Waals surface area contributed by atoms with Crippen LogP contribution in [-0.4, -0.2) is 23.4 Å².